The average Bonchev–Trinajstić information content (AvgIpc) is 3.17. The summed E-state index contributed by atoms with van der Waals surface area (Å²) in [4.78, 5) is 26.7. The van der Waals surface area contributed by atoms with Gasteiger partial charge in [0.15, 0.2) is 11.5 Å². The van der Waals surface area contributed by atoms with Crippen LogP contribution in [-0.2, 0) is 4.79 Å². The van der Waals surface area contributed by atoms with Crippen molar-refractivity contribution in [2.75, 3.05) is 45.2 Å². The minimum Gasteiger partial charge on any atom is -0.495 e. The predicted octanol–water partition coefficient (Wildman–Crippen LogP) is 3.10. The monoisotopic (exact) mass is 400 g/mol. The molecule has 29 heavy (non-hydrogen) atoms. The van der Waals surface area contributed by atoms with Crippen LogP contribution in [0.1, 0.15) is 23.2 Å². The maximum atomic E-state index is 12.9. The molecular weight excluding hydrogens is 376 g/mol. The van der Waals surface area contributed by atoms with Gasteiger partial charge >= 0.3 is 0 Å². The first-order valence-corrected chi connectivity index (χ1v) is 9.12. The molecule has 8 nitrogen and oxygen atoms in total. The molecule has 1 heterocycles. The number of carbonyl (C=O) groups excluding carboxylic acids is 2. The van der Waals surface area contributed by atoms with Crippen molar-refractivity contribution in [3.05, 3.63) is 35.9 Å². The standard InChI is InChI=1S/C21H24N2O6/c1-26-16-9-7-13(12-15(16)23-11-5-6-18(23)24)22-21(25)14-8-10-17(27-2)20(29-4)19(14)28-3/h7-10,12H,5-6,11H2,1-4H3,(H,22,25). The highest BCUT2D eigenvalue weighted by atomic mass is 16.5. The molecule has 0 atom stereocenters. The summed E-state index contributed by atoms with van der Waals surface area (Å²) in [6.45, 7) is 0.621. The lowest BCUT2D eigenvalue weighted by Gasteiger charge is -2.20. The van der Waals surface area contributed by atoms with E-state index >= 15 is 0 Å². The molecule has 0 aliphatic carbocycles. The number of rotatable bonds is 7. The van der Waals surface area contributed by atoms with Crippen LogP contribution < -0.4 is 29.2 Å². The van der Waals surface area contributed by atoms with Gasteiger partial charge in [-0.25, -0.2) is 0 Å². The second-order valence-corrected chi connectivity index (χ2v) is 6.37. The summed E-state index contributed by atoms with van der Waals surface area (Å²) in [5.74, 6) is 1.29. The van der Waals surface area contributed by atoms with E-state index < -0.39 is 0 Å². The van der Waals surface area contributed by atoms with Crippen molar-refractivity contribution < 1.29 is 28.5 Å². The van der Waals surface area contributed by atoms with E-state index in [0.717, 1.165) is 6.42 Å². The summed E-state index contributed by atoms with van der Waals surface area (Å²) in [5.41, 5.74) is 1.45. The van der Waals surface area contributed by atoms with Crippen molar-refractivity contribution in [3.8, 4) is 23.0 Å². The third-order valence-electron chi connectivity index (χ3n) is 4.75. The first kappa shape index (κ1) is 20.3. The molecule has 1 saturated heterocycles. The van der Waals surface area contributed by atoms with Crippen molar-refractivity contribution >= 4 is 23.2 Å². The van der Waals surface area contributed by atoms with Crippen LogP contribution in [0, 0.1) is 0 Å². The Morgan fingerprint density at radius 3 is 2.21 bits per heavy atom. The van der Waals surface area contributed by atoms with E-state index in [9.17, 15) is 9.59 Å². The summed E-state index contributed by atoms with van der Waals surface area (Å²) >= 11 is 0. The second-order valence-electron chi connectivity index (χ2n) is 6.37. The van der Waals surface area contributed by atoms with Gasteiger partial charge in [0, 0.05) is 18.7 Å². The number of carbonyl (C=O) groups is 2. The molecule has 0 bridgehead atoms. The van der Waals surface area contributed by atoms with Gasteiger partial charge in [-0.15, -0.1) is 0 Å². The van der Waals surface area contributed by atoms with E-state index in [1.165, 1.54) is 21.3 Å². The zero-order valence-electron chi connectivity index (χ0n) is 16.9. The molecule has 0 radical (unpaired) electrons. The van der Waals surface area contributed by atoms with Crippen LogP contribution in [0.4, 0.5) is 11.4 Å². The molecule has 3 rings (SSSR count). The topological polar surface area (TPSA) is 86.3 Å². The number of hydrogen-bond acceptors (Lipinski definition) is 6. The lowest BCUT2D eigenvalue weighted by molar-refractivity contribution is -0.117. The summed E-state index contributed by atoms with van der Waals surface area (Å²) in [6, 6.07) is 8.41. The number of anilines is 2. The summed E-state index contributed by atoms with van der Waals surface area (Å²) in [7, 11) is 5.99. The minimum atomic E-state index is -0.383. The predicted molar refractivity (Wildman–Crippen MR) is 109 cm³/mol. The molecule has 0 saturated carbocycles. The molecule has 1 N–H and O–H groups in total. The largest absolute Gasteiger partial charge is 0.495 e. The average molecular weight is 400 g/mol. The van der Waals surface area contributed by atoms with Gasteiger partial charge in [-0.2, -0.15) is 0 Å². The Balaban J connectivity index is 1.92. The highest BCUT2D eigenvalue weighted by Gasteiger charge is 2.25. The molecule has 1 fully saturated rings. The van der Waals surface area contributed by atoms with E-state index in [1.807, 2.05) is 0 Å². The highest BCUT2D eigenvalue weighted by Crippen LogP contribution is 2.40. The molecule has 0 unspecified atom stereocenters. The van der Waals surface area contributed by atoms with Gasteiger partial charge < -0.3 is 29.2 Å². The molecule has 0 spiro atoms. The van der Waals surface area contributed by atoms with Gasteiger partial charge in [-0.05, 0) is 36.8 Å². The molecule has 2 amide bonds. The molecule has 8 heteroatoms. The first-order chi connectivity index (χ1) is 14.0. The summed E-state index contributed by atoms with van der Waals surface area (Å²) in [6.07, 6.45) is 1.30. The number of nitrogens with one attached hydrogen (secondary N) is 1. The number of nitrogens with zero attached hydrogens (tertiary/aromatic N) is 1. The summed E-state index contributed by atoms with van der Waals surface area (Å²) in [5, 5.41) is 2.84. The van der Waals surface area contributed by atoms with Crippen molar-refractivity contribution in [2.24, 2.45) is 0 Å². The van der Waals surface area contributed by atoms with E-state index in [0.29, 0.717) is 47.2 Å². The van der Waals surface area contributed by atoms with Gasteiger partial charge in [0.05, 0.1) is 39.7 Å². The lowest BCUT2D eigenvalue weighted by Crippen LogP contribution is -2.24. The van der Waals surface area contributed by atoms with Crippen LogP contribution in [0.3, 0.4) is 0 Å². The van der Waals surface area contributed by atoms with E-state index in [2.05, 4.69) is 5.32 Å². The molecule has 0 aromatic heterocycles. The second kappa shape index (κ2) is 8.72. The quantitative estimate of drug-likeness (QED) is 0.769. The number of hydrogen-bond donors (Lipinski definition) is 1. The van der Waals surface area contributed by atoms with Crippen LogP contribution in [0.2, 0.25) is 0 Å². The van der Waals surface area contributed by atoms with E-state index in [-0.39, 0.29) is 17.6 Å². The van der Waals surface area contributed by atoms with Crippen molar-refractivity contribution in [1.82, 2.24) is 0 Å². The van der Waals surface area contributed by atoms with Crippen LogP contribution >= 0.6 is 0 Å². The SMILES string of the molecule is COc1ccc(NC(=O)c2ccc(OC)c(OC)c2OC)cc1N1CCCC1=O. The van der Waals surface area contributed by atoms with Crippen LogP contribution in [-0.4, -0.2) is 46.8 Å². The minimum absolute atomic E-state index is 0.0355. The lowest BCUT2D eigenvalue weighted by atomic mass is 10.1. The fraction of sp³-hybridized carbons (Fsp3) is 0.333. The van der Waals surface area contributed by atoms with Crippen molar-refractivity contribution in [1.29, 1.82) is 0 Å². The van der Waals surface area contributed by atoms with Crippen LogP contribution in [0.15, 0.2) is 30.3 Å². The Kier molecular flexibility index (Phi) is 6.11. The Labute approximate surface area is 169 Å². The van der Waals surface area contributed by atoms with Crippen molar-refractivity contribution in [2.45, 2.75) is 12.8 Å². The fourth-order valence-corrected chi connectivity index (χ4v) is 3.36. The van der Waals surface area contributed by atoms with Gasteiger partial charge in [-0.1, -0.05) is 0 Å². The molecule has 154 valence electrons. The molecular formula is C21H24N2O6. The van der Waals surface area contributed by atoms with Crippen molar-refractivity contribution in [3.63, 3.8) is 0 Å². The molecule has 2 aromatic carbocycles. The van der Waals surface area contributed by atoms with E-state index in [4.69, 9.17) is 18.9 Å². The number of amides is 2. The molecule has 1 aliphatic rings. The maximum Gasteiger partial charge on any atom is 0.259 e. The third kappa shape index (κ3) is 3.91. The van der Waals surface area contributed by atoms with Gasteiger partial charge in [0.2, 0.25) is 11.7 Å². The van der Waals surface area contributed by atoms with Gasteiger partial charge in [0.1, 0.15) is 5.75 Å². The Hall–Kier alpha value is -3.42. The molecule has 2 aromatic rings. The van der Waals surface area contributed by atoms with Crippen LogP contribution in [0.25, 0.3) is 0 Å². The first-order valence-electron chi connectivity index (χ1n) is 9.12. The Morgan fingerprint density at radius 2 is 1.62 bits per heavy atom. The Bertz CT molecular complexity index is 928. The van der Waals surface area contributed by atoms with Crippen LogP contribution in [0.5, 0.6) is 23.0 Å². The number of ether oxygens (including phenoxy) is 4. The maximum absolute atomic E-state index is 12.9. The fourth-order valence-electron chi connectivity index (χ4n) is 3.36. The third-order valence-corrected chi connectivity index (χ3v) is 4.75. The number of benzene rings is 2. The molecule has 1 aliphatic heterocycles. The van der Waals surface area contributed by atoms with Gasteiger partial charge in [-0.3, -0.25) is 9.59 Å². The smallest absolute Gasteiger partial charge is 0.259 e. The number of methoxy groups -OCH3 is 4. The highest BCUT2D eigenvalue weighted by molar-refractivity contribution is 6.07. The normalized spacial score (nSPS) is 13.2. The Morgan fingerprint density at radius 1 is 0.931 bits per heavy atom. The zero-order chi connectivity index (χ0) is 21.0. The van der Waals surface area contributed by atoms with Gasteiger partial charge in [0.25, 0.3) is 5.91 Å². The zero-order valence-corrected chi connectivity index (χ0v) is 16.9. The summed E-state index contributed by atoms with van der Waals surface area (Å²) < 4.78 is 21.4. The van der Waals surface area contributed by atoms with E-state index in [1.54, 1.807) is 42.3 Å².